The molecule has 4 heteroatoms. The van der Waals surface area contributed by atoms with Crippen molar-refractivity contribution in [2.24, 2.45) is 5.92 Å². The summed E-state index contributed by atoms with van der Waals surface area (Å²) in [5.74, 6) is 0.870. The van der Waals surface area contributed by atoms with Crippen LogP contribution < -0.4 is 5.32 Å². The van der Waals surface area contributed by atoms with E-state index >= 15 is 0 Å². The van der Waals surface area contributed by atoms with Gasteiger partial charge in [-0.05, 0) is 19.8 Å². The predicted molar refractivity (Wildman–Crippen MR) is 59.0 cm³/mol. The zero-order valence-corrected chi connectivity index (χ0v) is 9.89. The third kappa shape index (κ3) is 3.42. The molecule has 1 rings (SSSR count). The van der Waals surface area contributed by atoms with Crippen molar-refractivity contribution in [3.8, 4) is 0 Å². The van der Waals surface area contributed by atoms with Crippen molar-refractivity contribution in [2.75, 3.05) is 18.1 Å². The van der Waals surface area contributed by atoms with Gasteiger partial charge in [0.05, 0.1) is 11.5 Å². The normalized spacial score (nSPS) is 30.2. The Morgan fingerprint density at radius 2 is 2.07 bits per heavy atom. The van der Waals surface area contributed by atoms with Gasteiger partial charge in [-0.1, -0.05) is 18.6 Å². The summed E-state index contributed by atoms with van der Waals surface area (Å²) < 4.78 is 22.6. The minimum atomic E-state index is -2.78. The van der Waals surface area contributed by atoms with Crippen LogP contribution in [0.2, 0.25) is 0 Å². The van der Waals surface area contributed by atoms with E-state index in [-0.39, 0.29) is 12.0 Å². The first kappa shape index (κ1) is 11.7. The molecule has 0 radical (unpaired) electrons. The molecule has 3 nitrogen and oxygen atoms in total. The topological polar surface area (TPSA) is 46.2 Å². The molecule has 1 aliphatic rings. The molecule has 1 N–H and O–H groups in total. The summed E-state index contributed by atoms with van der Waals surface area (Å²) in [6.07, 6.45) is 2.08. The molecule has 0 aromatic carbocycles. The highest BCUT2D eigenvalue weighted by molar-refractivity contribution is 7.91. The summed E-state index contributed by atoms with van der Waals surface area (Å²) in [5, 5.41) is 3.26. The van der Waals surface area contributed by atoms with Crippen LogP contribution in [0, 0.1) is 5.92 Å². The standard InChI is InChI=1S/C10H19NO2S/c1-8(2)4-5-11-10-7-14(12,13)6-9(10)3/h4,9-11H,5-7H2,1-3H3/t9-,10-/m1/s1. The Morgan fingerprint density at radius 3 is 2.50 bits per heavy atom. The van der Waals surface area contributed by atoms with E-state index in [2.05, 4.69) is 11.4 Å². The van der Waals surface area contributed by atoms with Gasteiger partial charge >= 0.3 is 0 Å². The summed E-state index contributed by atoms with van der Waals surface area (Å²) >= 11 is 0. The molecule has 2 atom stereocenters. The maximum absolute atomic E-state index is 11.3. The summed E-state index contributed by atoms with van der Waals surface area (Å²) in [6, 6.07) is 0.135. The van der Waals surface area contributed by atoms with Gasteiger partial charge in [0.15, 0.2) is 9.84 Å². The van der Waals surface area contributed by atoms with Crippen molar-refractivity contribution < 1.29 is 8.42 Å². The average Bonchev–Trinajstić information content (AvgIpc) is 2.24. The Hall–Kier alpha value is -0.350. The van der Waals surface area contributed by atoms with E-state index in [1.54, 1.807) is 0 Å². The molecule has 82 valence electrons. The SMILES string of the molecule is CC(C)=CCN[C@@H]1CS(=O)(=O)C[C@H]1C. The van der Waals surface area contributed by atoms with Crippen molar-refractivity contribution in [3.05, 3.63) is 11.6 Å². The Kier molecular flexibility index (Phi) is 3.72. The molecule has 14 heavy (non-hydrogen) atoms. The Bertz CT molecular complexity index is 315. The van der Waals surface area contributed by atoms with Gasteiger partial charge in [0.2, 0.25) is 0 Å². The highest BCUT2D eigenvalue weighted by Gasteiger charge is 2.33. The lowest BCUT2D eigenvalue weighted by Crippen LogP contribution is -2.34. The number of rotatable bonds is 3. The van der Waals surface area contributed by atoms with Crippen LogP contribution in [0.4, 0.5) is 0 Å². The van der Waals surface area contributed by atoms with Gasteiger partial charge in [0, 0.05) is 12.6 Å². The molecule has 1 heterocycles. The van der Waals surface area contributed by atoms with Crippen LogP contribution in [0.3, 0.4) is 0 Å². The largest absolute Gasteiger partial charge is 0.309 e. The van der Waals surface area contributed by atoms with Crippen LogP contribution in [0.5, 0.6) is 0 Å². The van der Waals surface area contributed by atoms with Crippen LogP contribution in [0.25, 0.3) is 0 Å². The molecule has 0 aromatic heterocycles. The number of sulfone groups is 1. The fourth-order valence-electron chi connectivity index (χ4n) is 1.70. The fraction of sp³-hybridized carbons (Fsp3) is 0.800. The Labute approximate surface area is 86.5 Å². The van der Waals surface area contributed by atoms with E-state index in [1.807, 2.05) is 20.8 Å². The van der Waals surface area contributed by atoms with Crippen LogP contribution in [-0.4, -0.2) is 32.5 Å². The predicted octanol–water partition coefficient (Wildman–Crippen LogP) is 0.975. The van der Waals surface area contributed by atoms with Crippen molar-refractivity contribution >= 4 is 9.84 Å². The first-order valence-electron chi connectivity index (χ1n) is 4.98. The smallest absolute Gasteiger partial charge is 0.152 e. The monoisotopic (exact) mass is 217 g/mol. The lowest BCUT2D eigenvalue weighted by molar-refractivity contribution is 0.474. The molecule has 0 aliphatic carbocycles. The third-order valence-electron chi connectivity index (χ3n) is 2.53. The zero-order valence-electron chi connectivity index (χ0n) is 9.08. The second-order valence-electron chi connectivity index (χ2n) is 4.35. The molecule has 0 spiro atoms. The lowest BCUT2D eigenvalue weighted by atomic mass is 10.1. The van der Waals surface area contributed by atoms with Crippen molar-refractivity contribution in [1.29, 1.82) is 0 Å². The van der Waals surface area contributed by atoms with Gasteiger partial charge in [0.25, 0.3) is 0 Å². The number of nitrogens with one attached hydrogen (secondary N) is 1. The Balaban J connectivity index is 2.44. The maximum Gasteiger partial charge on any atom is 0.152 e. The molecule has 0 saturated carbocycles. The molecule has 1 saturated heterocycles. The minimum absolute atomic E-state index is 0.135. The van der Waals surface area contributed by atoms with E-state index < -0.39 is 9.84 Å². The van der Waals surface area contributed by atoms with E-state index in [1.165, 1.54) is 5.57 Å². The van der Waals surface area contributed by atoms with Crippen molar-refractivity contribution in [2.45, 2.75) is 26.8 Å². The number of hydrogen-bond donors (Lipinski definition) is 1. The number of allylic oxidation sites excluding steroid dienone is 1. The van der Waals surface area contributed by atoms with Crippen molar-refractivity contribution in [3.63, 3.8) is 0 Å². The molecule has 0 aromatic rings. The van der Waals surface area contributed by atoms with Crippen LogP contribution in [-0.2, 0) is 9.84 Å². The minimum Gasteiger partial charge on any atom is -0.309 e. The first-order valence-corrected chi connectivity index (χ1v) is 6.80. The summed E-state index contributed by atoms with van der Waals surface area (Å²) in [5.41, 5.74) is 1.26. The zero-order chi connectivity index (χ0) is 10.8. The van der Waals surface area contributed by atoms with Crippen LogP contribution >= 0.6 is 0 Å². The number of hydrogen-bond acceptors (Lipinski definition) is 3. The van der Waals surface area contributed by atoms with Gasteiger partial charge in [-0.15, -0.1) is 0 Å². The summed E-state index contributed by atoms with van der Waals surface area (Å²) in [4.78, 5) is 0. The van der Waals surface area contributed by atoms with E-state index in [0.29, 0.717) is 11.5 Å². The second kappa shape index (κ2) is 4.45. The molecule has 0 bridgehead atoms. The fourth-order valence-corrected chi connectivity index (χ4v) is 3.86. The van der Waals surface area contributed by atoms with Crippen LogP contribution in [0.15, 0.2) is 11.6 Å². The van der Waals surface area contributed by atoms with Gasteiger partial charge in [-0.2, -0.15) is 0 Å². The molecular formula is C10H19NO2S. The Morgan fingerprint density at radius 1 is 1.43 bits per heavy atom. The van der Waals surface area contributed by atoms with Gasteiger partial charge in [0.1, 0.15) is 0 Å². The average molecular weight is 217 g/mol. The van der Waals surface area contributed by atoms with E-state index in [4.69, 9.17) is 0 Å². The molecule has 0 unspecified atom stereocenters. The summed E-state index contributed by atoms with van der Waals surface area (Å²) in [7, 11) is -2.78. The van der Waals surface area contributed by atoms with E-state index in [9.17, 15) is 8.42 Å². The van der Waals surface area contributed by atoms with E-state index in [0.717, 1.165) is 6.54 Å². The van der Waals surface area contributed by atoms with Gasteiger partial charge < -0.3 is 5.32 Å². The third-order valence-corrected chi connectivity index (χ3v) is 4.43. The quantitative estimate of drug-likeness (QED) is 0.717. The molecule has 0 amide bonds. The second-order valence-corrected chi connectivity index (χ2v) is 6.50. The van der Waals surface area contributed by atoms with Gasteiger partial charge in [-0.25, -0.2) is 8.42 Å². The summed E-state index contributed by atoms with van der Waals surface area (Å²) in [6.45, 7) is 6.84. The maximum atomic E-state index is 11.3. The first-order chi connectivity index (χ1) is 6.41. The molecule has 1 fully saturated rings. The molecular weight excluding hydrogens is 198 g/mol. The highest BCUT2D eigenvalue weighted by Crippen LogP contribution is 2.18. The van der Waals surface area contributed by atoms with Crippen molar-refractivity contribution in [1.82, 2.24) is 5.32 Å². The lowest BCUT2D eigenvalue weighted by Gasteiger charge is -2.13. The molecule has 1 aliphatic heterocycles. The van der Waals surface area contributed by atoms with Crippen LogP contribution in [0.1, 0.15) is 20.8 Å². The van der Waals surface area contributed by atoms with Gasteiger partial charge in [-0.3, -0.25) is 0 Å². The highest BCUT2D eigenvalue weighted by atomic mass is 32.2.